The van der Waals surface area contributed by atoms with Crippen LogP contribution in [0.1, 0.15) is 34.8 Å². The van der Waals surface area contributed by atoms with Crippen LogP contribution in [0.15, 0.2) is 53.1 Å². The highest BCUT2D eigenvalue weighted by Crippen LogP contribution is 2.26. The molecule has 3 aromatic rings. The van der Waals surface area contributed by atoms with E-state index in [2.05, 4.69) is 15.5 Å². The molecule has 1 unspecified atom stereocenters. The monoisotopic (exact) mass is 341 g/mol. The molecular formula is C18H16ClN3O2. The van der Waals surface area contributed by atoms with Crippen molar-refractivity contribution in [1.29, 1.82) is 0 Å². The molecule has 1 heterocycles. The minimum absolute atomic E-state index is 0.194. The van der Waals surface area contributed by atoms with Crippen molar-refractivity contribution in [3.05, 3.63) is 70.6 Å². The van der Waals surface area contributed by atoms with Gasteiger partial charge < -0.3 is 9.84 Å². The maximum Gasteiger partial charge on any atom is 0.251 e. The van der Waals surface area contributed by atoms with Crippen LogP contribution < -0.4 is 5.32 Å². The Bertz CT molecular complexity index is 859. The average Bonchev–Trinajstić information content (AvgIpc) is 3.05. The molecule has 0 fully saturated rings. The number of hydrogen-bond acceptors (Lipinski definition) is 4. The Labute approximate surface area is 144 Å². The fourth-order valence-corrected chi connectivity index (χ4v) is 2.43. The van der Waals surface area contributed by atoms with Crippen LogP contribution in [0.25, 0.3) is 11.4 Å². The van der Waals surface area contributed by atoms with Crippen molar-refractivity contribution in [2.45, 2.75) is 19.9 Å². The summed E-state index contributed by atoms with van der Waals surface area (Å²) in [5.41, 5.74) is 2.37. The summed E-state index contributed by atoms with van der Waals surface area (Å²) in [5, 5.41) is 7.32. The van der Waals surface area contributed by atoms with Crippen LogP contribution in [-0.2, 0) is 0 Å². The first-order chi connectivity index (χ1) is 11.5. The first-order valence-electron chi connectivity index (χ1n) is 7.50. The molecule has 0 aliphatic carbocycles. The van der Waals surface area contributed by atoms with Crippen molar-refractivity contribution in [1.82, 2.24) is 15.5 Å². The van der Waals surface area contributed by atoms with Crippen molar-refractivity contribution in [2.24, 2.45) is 0 Å². The fourth-order valence-electron chi connectivity index (χ4n) is 2.21. The van der Waals surface area contributed by atoms with Crippen molar-refractivity contribution in [2.75, 3.05) is 0 Å². The molecule has 1 aromatic heterocycles. The van der Waals surface area contributed by atoms with Gasteiger partial charge in [0.2, 0.25) is 11.7 Å². The number of halogens is 1. The average molecular weight is 342 g/mol. The number of nitrogens with one attached hydrogen (secondary N) is 1. The number of carbonyl (C=O) groups excluding carboxylic acids is 1. The van der Waals surface area contributed by atoms with Gasteiger partial charge in [-0.3, -0.25) is 4.79 Å². The molecule has 0 aliphatic rings. The number of hydrogen-bond donors (Lipinski definition) is 1. The Balaban J connectivity index is 1.74. The number of nitrogens with zero attached hydrogens (tertiary/aromatic N) is 2. The Morgan fingerprint density at radius 2 is 1.88 bits per heavy atom. The Kier molecular flexibility index (Phi) is 4.62. The fraction of sp³-hybridized carbons (Fsp3) is 0.167. The zero-order chi connectivity index (χ0) is 17.1. The first-order valence-corrected chi connectivity index (χ1v) is 7.88. The van der Waals surface area contributed by atoms with Crippen LogP contribution in [0.2, 0.25) is 5.02 Å². The van der Waals surface area contributed by atoms with Crippen LogP contribution in [0.4, 0.5) is 0 Å². The standard InChI is InChI=1S/C18H16ClN3O2/c1-11-7-9-13(10-8-11)17(23)20-12(2)18-21-16(22-24-18)14-5-3-4-6-15(14)19/h3-10,12H,1-2H3,(H,20,23). The van der Waals surface area contributed by atoms with Gasteiger partial charge in [0.25, 0.3) is 5.91 Å². The summed E-state index contributed by atoms with van der Waals surface area (Å²) in [4.78, 5) is 16.6. The molecule has 0 bridgehead atoms. The summed E-state index contributed by atoms with van der Waals surface area (Å²) >= 11 is 6.13. The van der Waals surface area contributed by atoms with Crippen LogP contribution in [0.3, 0.4) is 0 Å². The number of aryl methyl sites for hydroxylation is 1. The van der Waals surface area contributed by atoms with Gasteiger partial charge in [-0.15, -0.1) is 0 Å². The van der Waals surface area contributed by atoms with Crippen molar-refractivity contribution >= 4 is 17.5 Å². The molecule has 0 saturated carbocycles. The molecule has 3 rings (SSSR count). The number of carbonyl (C=O) groups is 1. The van der Waals surface area contributed by atoms with Crippen LogP contribution >= 0.6 is 11.6 Å². The summed E-state index contributed by atoms with van der Waals surface area (Å²) in [6.07, 6.45) is 0. The van der Waals surface area contributed by atoms with Gasteiger partial charge >= 0.3 is 0 Å². The highest BCUT2D eigenvalue weighted by atomic mass is 35.5. The Morgan fingerprint density at radius 3 is 2.58 bits per heavy atom. The topological polar surface area (TPSA) is 68.0 Å². The van der Waals surface area contributed by atoms with E-state index in [0.717, 1.165) is 5.56 Å². The van der Waals surface area contributed by atoms with E-state index in [1.807, 2.05) is 37.3 Å². The summed E-state index contributed by atoms with van der Waals surface area (Å²) in [7, 11) is 0. The van der Waals surface area contributed by atoms with Gasteiger partial charge in [0.15, 0.2) is 0 Å². The maximum atomic E-state index is 12.2. The third-order valence-electron chi connectivity index (χ3n) is 3.59. The van der Waals surface area contributed by atoms with Crippen LogP contribution in [-0.4, -0.2) is 16.0 Å². The third-order valence-corrected chi connectivity index (χ3v) is 3.92. The second kappa shape index (κ2) is 6.84. The zero-order valence-electron chi connectivity index (χ0n) is 13.3. The number of benzene rings is 2. The van der Waals surface area contributed by atoms with Gasteiger partial charge in [0, 0.05) is 11.1 Å². The highest BCUT2D eigenvalue weighted by Gasteiger charge is 2.19. The maximum absolute atomic E-state index is 12.2. The minimum atomic E-state index is -0.414. The lowest BCUT2D eigenvalue weighted by Gasteiger charge is -2.09. The number of amides is 1. The molecule has 1 atom stereocenters. The molecule has 6 heteroatoms. The van der Waals surface area contributed by atoms with Crippen LogP contribution in [0.5, 0.6) is 0 Å². The number of aromatic nitrogens is 2. The molecule has 0 radical (unpaired) electrons. The van der Waals surface area contributed by atoms with Crippen molar-refractivity contribution in [3.63, 3.8) is 0 Å². The smallest absolute Gasteiger partial charge is 0.251 e. The van der Waals surface area contributed by atoms with E-state index in [0.29, 0.717) is 27.9 Å². The highest BCUT2D eigenvalue weighted by molar-refractivity contribution is 6.33. The molecule has 0 spiro atoms. The largest absolute Gasteiger partial charge is 0.341 e. The normalized spacial score (nSPS) is 12.0. The molecule has 0 aliphatic heterocycles. The molecule has 5 nitrogen and oxygen atoms in total. The molecule has 0 saturated heterocycles. The summed E-state index contributed by atoms with van der Waals surface area (Å²) in [6, 6.07) is 14.2. The van der Waals surface area contributed by atoms with Gasteiger partial charge in [-0.2, -0.15) is 4.98 Å². The van der Waals surface area contributed by atoms with E-state index in [9.17, 15) is 4.79 Å². The first kappa shape index (κ1) is 16.2. The SMILES string of the molecule is Cc1ccc(C(=O)NC(C)c2nc(-c3ccccc3Cl)no2)cc1. The van der Waals surface area contributed by atoms with E-state index in [1.165, 1.54) is 0 Å². The van der Waals surface area contributed by atoms with Gasteiger partial charge in [-0.25, -0.2) is 0 Å². The lowest BCUT2D eigenvalue weighted by Crippen LogP contribution is -2.26. The molecule has 24 heavy (non-hydrogen) atoms. The lowest BCUT2D eigenvalue weighted by atomic mass is 10.1. The molecule has 1 N–H and O–H groups in total. The third kappa shape index (κ3) is 3.46. The van der Waals surface area contributed by atoms with E-state index in [1.54, 1.807) is 25.1 Å². The second-order valence-electron chi connectivity index (χ2n) is 5.50. The number of rotatable bonds is 4. The van der Waals surface area contributed by atoms with E-state index >= 15 is 0 Å². The van der Waals surface area contributed by atoms with E-state index < -0.39 is 6.04 Å². The summed E-state index contributed by atoms with van der Waals surface area (Å²) in [5.74, 6) is 0.525. The zero-order valence-corrected chi connectivity index (χ0v) is 14.0. The Hall–Kier alpha value is -2.66. The van der Waals surface area contributed by atoms with E-state index in [-0.39, 0.29) is 5.91 Å². The van der Waals surface area contributed by atoms with Crippen molar-refractivity contribution in [3.8, 4) is 11.4 Å². The lowest BCUT2D eigenvalue weighted by molar-refractivity contribution is 0.0932. The van der Waals surface area contributed by atoms with Gasteiger partial charge in [0.1, 0.15) is 6.04 Å². The molecular weight excluding hydrogens is 326 g/mol. The second-order valence-corrected chi connectivity index (χ2v) is 5.90. The minimum Gasteiger partial charge on any atom is -0.341 e. The van der Waals surface area contributed by atoms with Gasteiger partial charge in [0.05, 0.1) is 5.02 Å². The predicted octanol–water partition coefficient (Wildman–Crippen LogP) is 4.19. The van der Waals surface area contributed by atoms with Crippen molar-refractivity contribution < 1.29 is 9.32 Å². The predicted molar refractivity (Wildman–Crippen MR) is 91.8 cm³/mol. The Morgan fingerprint density at radius 1 is 1.17 bits per heavy atom. The van der Waals surface area contributed by atoms with Gasteiger partial charge in [-0.1, -0.05) is 46.6 Å². The summed E-state index contributed by atoms with van der Waals surface area (Å²) in [6.45, 7) is 3.76. The molecule has 122 valence electrons. The van der Waals surface area contributed by atoms with E-state index in [4.69, 9.17) is 16.1 Å². The molecule has 2 aromatic carbocycles. The molecule has 1 amide bonds. The summed E-state index contributed by atoms with van der Waals surface area (Å²) < 4.78 is 5.26. The van der Waals surface area contributed by atoms with Gasteiger partial charge in [-0.05, 0) is 38.1 Å². The van der Waals surface area contributed by atoms with Crippen LogP contribution in [0, 0.1) is 6.92 Å². The quantitative estimate of drug-likeness (QED) is 0.772.